The Morgan fingerprint density at radius 3 is 2.89 bits per heavy atom. The zero-order chi connectivity index (χ0) is 13.3. The van der Waals surface area contributed by atoms with E-state index in [1.165, 1.54) is 6.07 Å². The summed E-state index contributed by atoms with van der Waals surface area (Å²) in [6, 6.07) is 2.73. The summed E-state index contributed by atoms with van der Waals surface area (Å²) in [7, 11) is 1.56. The van der Waals surface area contributed by atoms with Gasteiger partial charge in [0.05, 0.1) is 16.9 Å². The van der Waals surface area contributed by atoms with Gasteiger partial charge in [0.1, 0.15) is 6.04 Å². The lowest BCUT2D eigenvalue weighted by Crippen LogP contribution is -2.35. The largest absolute Gasteiger partial charge is 0.417 e. The van der Waals surface area contributed by atoms with E-state index in [2.05, 4.69) is 15.6 Å². The van der Waals surface area contributed by atoms with Crippen LogP contribution in [0.3, 0.4) is 0 Å². The van der Waals surface area contributed by atoms with E-state index in [0.29, 0.717) is 22.5 Å². The molecule has 18 heavy (non-hydrogen) atoms. The quantitative estimate of drug-likeness (QED) is 0.583. The van der Waals surface area contributed by atoms with E-state index in [9.17, 15) is 9.59 Å². The summed E-state index contributed by atoms with van der Waals surface area (Å²) >= 11 is 0. The molecular formula is C11H14N4O3. The van der Waals surface area contributed by atoms with Gasteiger partial charge >= 0.3 is 5.76 Å². The molecule has 2 rings (SSSR count). The summed E-state index contributed by atoms with van der Waals surface area (Å²) in [5, 5.41) is 5.49. The highest BCUT2D eigenvalue weighted by Crippen LogP contribution is 2.24. The fourth-order valence-corrected chi connectivity index (χ4v) is 1.65. The van der Waals surface area contributed by atoms with Crippen LogP contribution in [0.15, 0.2) is 21.3 Å². The Hall–Kier alpha value is -2.44. The van der Waals surface area contributed by atoms with Gasteiger partial charge in [0.15, 0.2) is 5.58 Å². The molecule has 1 atom stereocenters. The lowest BCUT2D eigenvalue weighted by atomic mass is 10.2. The predicted molar refractivity (Wildman–Crippen MR) is 68.4 cm³/mol. The minimum absolute atomic E-state index is 0.157. The number of nitrogens with one attached hydrogen (secondary N) is 3. The molecule has 0 aliphatic rings. The predicted octanol–water partition coefficient (Wildman–Crippen LogP) is 0.250. The normalized spacial score (nSPS) is 12.3. The van der Waals surface area contributed by atoms with Gasteiger partial charge in [-0.2, -0.15) is 0 Å². The fourth-order valence-electron chi connectivity index (χ4n) is 1.65. The first kappa shape index (κ1) is 12.0. The summed E-state index contributed by atoms with van der Waals surface area (Å²) in [6.45, 7) is 1.71. The Labute approximate surface area is 102 Å². The van der Waals surface area contributed by atoms with Gasteiger partial charge in [0.2, 0.25) is 5.91 Å². The first-order valence-corrected chi connectivity index (χ1v) is 5.41. The number of H-pyrrole nitrogens is 1. The molecule has 0 saturated heterocycles. The van der Waals surface area contributed by atoms with E-state index in [-0.39, 0.29) is 5.91 Å². The minimum atomic E-state index is -0.541. The molecule has 1 amide bonds. The molecule has 1 aromatic heterocycles. The summed E-state index contributed by atoms with van der Waals surface area (Å²) in [4.78, 5) is 25.0. The van der Waals surface area contributed by atoms with Crippen molar-refractivity contribution in [3.8, 4) is 0 Å². The third-order valence-electron chi connectivity index (χ3n) is 2.60. The number of likely N-dealkylation sites (N-methyl/N-ethyl adjacent to an activating group) is 1. The molecule has 0 bridgehead atoms. The van der Waals surface area contributed by atoms with Crippen LogP contribution in [0.5, 0.6) is 0 Å². The summed E-state index contributed by atoms with van der Waals surface area (Å²) < 4.78 is 4.88. The van der Waals surface area contributed by atoms with E-state index in [1.807, 2.05) is 0 Å². The number of carbonyl (C=O) groups excluding carboxylic acids is 1. The van der Waals surface area contributed by atoms with Crippen molar-refractivity contribution in [2.75, 3.05) is 18.1 Å². The van der Waals surface area contributed by atoms with E-state index >= 15 is 0 Å². The number of aromatic amines is 1. The number of nitrogen functional groups attached to an aromatic ring is 1. The van der Waals surface area contributed by atoms with Crippen molar-refractivity contribution >= 4 is 28.4 Å². The molecule has 5 N–H and O–H groups in total. The van der Waals surface area contributed by atoms with Crippen molar-refractivity contribution < 1.29 is 9.21 Å². The number of benzene rings is 1. The number of anilines is 2. The second-order valence-electron chi connectivity index (χ2n) is 3.93. The van der Waals surface area contributed by atoms with Crippen molar-refractivity contribution in [1.82, 2.24) is 10.3 Å². The number of hydrogen-bond acceptors (Lipinski definition) is 5. The number of aromatic nitrogens is 1. The zero-order valence-corrected chi connectivity index (χ0v) is 10.0. The van der Waals surface area contributed by atoms with E-state index in [0.717, 1.165) is 0 Å². The van der Waals surface area contributed by atoms with Crippen LogP contribution in [-0.2, 0) is 4.79 Å². The highest BCUT2D eigenvalue weighted by atomic mass is 16.4. The van der Waals surface area contributed by atoms with Crippen LogP contribution in [-0.4, -0.2) is 24.0 Å². The number of hydrogen-bond donors (Lipinski definition) is 4. The van der Waals surface area contributed by atoms with Crippen molar-refractivity contribution in [2.45, 2.75) is 13.0 Å². The van der Waals surface area contributed by atoms with Crippen LogP contribution >= 0.6 is 0 Å². The maximum atomic E-state index is 11.4. The second-order valence-corrected chi connectivity index (χ2v) is 3.93. The second kappa shape index (κ2) is 4.44. The average Bonchev–Trinajstić information content (AvgIpc) is 2.67. The van der Waals surface area contributed by atoms with Gasteiger partial charge in [0, 0.05) is 13.1 Å². The van der Waals surface area contributed by atoms with Gasteiger partial charge in [-0.05, 0) is 13.0 Å². The van der Waals surface area contributed by atoms with Gasteiger partial charge in [0.25, 0.3) is 0 Å². The van der Waals surface area contributed by atoms with E-state index in [1.54, 1.807) is 20.0 Å². The summed E-state index contributed by atoms with van der Waals surface area (Å²) in [5.74, 6) is -0.698. The number of fused-ring (bicyclic) bond motifs is 1. The molecule has 0 radical (unpaired) electrons. The number of nitrogens with two attached hydrogens (primary N) is 1. The Kier molecular flexibility index (Phi) is 2.97. The molecule has 0 aliphatic carbocycles. The minimum Gasteiger partial charge on any atom is -0.408 e. The molecular weight excluding hydrogens is 236 g/mol. The summed E-state index contributed by atoms with van der Waals surface area (Å²) in [5.41, 5.74) is 7.70. The van der Waals surface area contributed by atoms with Crippen molar-refractivity contribution in [3.05, 3.63) is 22.7 Å². The van der Waals surface area contributed by atoms with Gasteiger partial charge in [-0.25, -0.2) is 4.79 Å². The molecule has 0 fully saturated rings. The first-order chi connectivity index (χ1) is 8.51. The zero-order valence-electron chi connectivity index (χ0n) is 10.0. The topological polar surface area (TPSA) is 113 Å². The standard InChI is InChI=1S/C11H14N4O3/c1-5(10(16)13-2)14-7-4-8-9(3-6(7)12)18-11(17)15-8/h3-5,14H,12H2,1-2H3,(H,13,16)(H,15,17). The Morgan fingerprint density at radius 1 is 1.50 bits per heavy atom. The van der Waals surface area contributed by atoms with Crippen LogP contribution in [0.25, 0.3) is 11.1 Å². The van der Waals surface area contributed by atoms with Crippen LogP contribution < -0.4 is 22.1 Å². The highest BCUT2D eigenvalue weighted by Gasteiger charge is 2.13. The summed E-state index contributed by atoms with van der Waals surface area (Å²) in [6.07, 6.45) is 0. The number of oxazole rings is 1. The van der Waals surface area contributed by atoms with Crippen LogP contribution in [0.2, 0.25) is 0 Å². The monoisotopic (exact) mass is 250 g/mol. The van der Waals surface area contributed by atoms with Crippen LogP contribution in [0, 0.1) is 0 Å². The lowest BCUT2D eigenvalue weighted by Gasteiger charge is -2.15. The molecule has 96 valence electrons. The SMILES string of the molecule is CNC(=O)C(C)Nc1cc2[nH]c(=O)oc2cc1N. The van der Waals surface area contributed by atoms with E-state index in [4.69, 9.17) is 10.2 Å². The Balaban J connectivity index is 2.35. The Bertz CT molecular complexity index is 643. The molecule has 7 heteroatoms. The third-order valence-corrected chi connectivity index (χ3v) is 2.60. The van der Waals surface area contributed by atoms with Crippen LogP contribution in [0.4, 0.5) is 11.4 Å². The molecule has 0 saturated carbocycles. The molecule has 2 aromatic rings. The number of carbonyl (C=O) groups is 1. The van der Waals surface area contributed by atoms with Gasteiger partial charge in [-0.1, -0.05) is 0 Å². The Morgan fingerprint density at radius 2 is 2.22 bits per heavy atom. The average molecular weight is 250 g/mol. The van der Waals surface area contributed by atoms with E-state index < -0.39 is 11.8 Å². The molecule has 7 nitrogen and oxygen atoms in total. The van der Waals surface area contributed by atoms with Crippen molar-refractivity contribution in [3.63, 3.8) is 0 Å². The molecule has 1 aromatic carbocycles. The third kappa shape index (κ3) is 2.15. The highest BCUT2D eigenvalue weighted by molar-refractivity contribution is 5.89. The van der Waals surface area contributed by atoms with Gasteiger partial charge < -0.3 is 20.8 Å². The molecule has 1 heterocycles. The van der Waals surface area contributed by atoms with Gasteiger partial charge in [-0.3, -0.25) is 9.78 Å². The van der Waals surface area contributed by atoms with Crippen LogP contribution in [0.1, 0.15) is 6.92 Å². The maximum absolute atomic E-state index is 11.4. The fraction of sp³-hybridized carbons (Fsp3) is 0.273. The first-order valence-electron chi connectivity index (χ1n) is 5.41. The van der Waals surface area contributed by atoms with Crippen molar-refractivity contribution in [1.29, 1.82) is 0 Å². The molecule has 0 spiro atoms. The smallest absolute Gasteiger partial charge is 0.408 e. The lowest BCUT2D eigenvalue weighted by molar-refractivity contribution is -0.121. The maximum Gasteiger partial charge on any atom is 0.417 e. The molecule has 0 aliphatic heterocycles. The number of rotatable bonds is 3. The van der Waals surface area contributed by atoms with Gasteiger partial charge in [-0.15, -0.1) is 0 Å². The molecule has 1 unspecified atom stereocenters. The number of amides is 1. The van der Waals surface area contributed by atoms with Crippen molar-refractivity contribution in [2.24, 2.45) is 0 Å².